The van der Waals surface area contributed by atoms with E-state index in [1.54, 1.807) is 18.2 Å². The largest absolute Gasteiger partial charge is 0.438 e. The van der Waals surface area contributed by atoms with Crippen molar-refractivity contribution in [1.82, 2.24) is 14.7 Å². The lowest BCUT2D eigenvalue weighted by atomic mass is 10.1. The summed E-state index contributed by atoms with van der Waals surface area (Å²) >= 11 is 0. The lowest BCUT2D eigenvalue weighted by Gasteiger charge is -2.10. The maximum absolute atomic E-state index is 13.3. The van der Waals surface area contributed by atoms with Crippen molar-refractivity contribution in [3.63, 3.8) is 0 Å². The summed E-state index contributed by atoms with van der Waals surface area (Å²) in [4.78, 5) is 30.0. The molecule has 1 aromatic carbocycles. The van der Waals surface area contributed by atoms with Crippen molar-refractivity contribution in [2.24, 2.45) is 0 Å². The number of carbonyl (C=O) groups is 1. The summed E-state index contributed by atoms with van der Waals surface area (Å²) in [6, 6.07) is 12.0. The van der Waals surface area contributed by atoms with Crippen LogP contribution in [0.5, 0.6) is 11.6 Å². The van der Waals surface area contributed by atoms with E-state index in [1.165, 1.54) is 34.9 Å². The molecule has 2 aromatic heterocycles. The number of amides is 1. The van der Waals surface area contributed by atoms with Crippen molar-refractivity contribution >= 4 is 17.6 Å². The Hall–Kier alpha value is -4.03. The molecular weight excluding hydrogens is 427 g/mol. The first-order valence-corrected chi connectivity index (χ1v) is 10.4. The van der Waals surface area contributed by atoms with Gasteiger partial charge < -0.3 is 14.8 Å². The Morgan fingerprint density at radius 2 is 2.03 bits per heavy atom. The van der Waals surface area contributed by atoms with Crippen molar-refractivity contribution in [3.05, 3.63) is 76.0 Å². The zero-order valence-corrected chi connectivity index (χ0v) is 18.2. The zero-order chi connectivity index (χ0) is 23.8. The Bertz CT molecular complexity index is 1260. The summed E-state index contributed by atoms with van der Waals surface area (Å²) < 4.78 is 25.7. The fourth-order valence-corrected chi connectivity index (χ4v) is 2.88. The van der Waals surface area contributed by atoms with Crippen LogP contribution in [-0.4, -0.2) is 34.5 Å². The molecule has 0 aliphatic carbocycles. The topological polar surface area (TPSA) is 106 Å². The highest BCUT2D eigenvalue weighted by Crippen LogP contribution is 2.24. The Kier molecular flexibility index (Phi) is 7.89. The Labute approximate surface area is 189 Å². The van der Waals surface area contributed by atoms with E-state index in [1.807, 2.05) is 19.9 Å². The monoisotopic (exact) mass is 450 g/mol. The van der Waals surface area contributed by atoms with Crippen molar-refractivity contribution < 1.29 is 18.7 Å². The van der Waals surface area contributed by atoms with Gasteiger partial charge in [0.05, 0.1) is 6.10 Å². The van der Waals surface area contributed by atoms with Gasteiger partial charge in [0.25, 0.3) is 11.5 Å². The molecule has 2 heterocycles. The van der Waals surface area contributed by atoms with Crippen LogP contribution in [-0.2, 0) is 9.53 Å². The van der Waals surface area contributed by atoms with Crippen LogP contribution in [0, 0.1) is 17.1 Å². The Morgan fingerprint density at radius 1 is 1.27 bits per heavy atom. The number of carbonyl (C=O) groups excluding carboxylic acids is 1. The van der Waals surface area contributed by atoms with Crippen LogP contribution in [0.25, 0.3) is 11.7 Å². The van der Waals surface area contributed by atoms with Crippen LogP contribution in [0.2, 0.25) is 0 Å². The first kappa shape index (κ1) is 23.6. The molecule has 0 saturated heterocycles. The molecule has 0 aliphatic rings. The fraction of sp³-hybridized carbons (Fsp3) is 0.250. The van der Waals surface area contributed by atoms with Gasteiger partial charge in [-0.15, -0.1) is 0 Å². The number of halogens is 1. The molecule has 0 saturated carbocycles. The second-order valence-corrected chi connectivity index (χ2v) is 7.32. The number of hydrogen-bond donors (Lipinski definition) is 1. The number of pyridine rings is 1. The molecule has 170 valence electrons. The van der Waals surface area contributed by atoms with Crippen molar-refractivity contribution in [1.29, 1.82) is 5.26 Å². The molecule has 3 rings (SSSR count). The van der Waals surface area contributed by atoms with Gasteiger partial charge in [-0.1, -0.05) is 6.07 Å². The number of fused-ring (bicyclic) bond motifs is 1. The summed E-state index contributed by atoms with van der Waals surface area (Å²) in [6.45, 7) is 4.60. The van der Waals surface area contributed by atoms with Crippen LogP contribution < -0.4 is 15.6 Å². The van der Waals surface area contributed by atoms with Gasteiger partial charge in [0, 0.05) is 19.3 Å². The number of aromatic nitrogens is 2. The standard InChI is InChI=1S/C24H23FN4O4/c1-16(2)32-13-5-11-27-22(30)17(15-26)14-20-23(33-19-9-7-18(25)8-10-19)28-21-6-3-4-12-29(21)24(20)31/h3-4,6-10,12,14,16H,5,11,13H2,1-2H3,(H,27,30). The quantitative estimate of drug-likeness (QED) is 0.304. The molecular formula is C24H23FN4O4. The Morgan fingerprint density at radius 3 is 2.73 bits per heavy atom. The predicted octanol–water partition coefficient (Wildman–Crippen LogP) is 3.46. The van der Waals surface area contributed by atoms with Crippen LogP contribution in [0.3, 0.4) is 0 Å². The van der Waals surface area contributed by atoms with E-state index in [0.717, 1.165) is 6.08 Å². The smallest absolute Gasteiger partial charge is 0.269 e. The summed E-state index contributed by atoms with van der Waals surface area (Å²) in [7, 11) is 0. The number of hydrogen-bond acceptors (Lipinski definition) is 6. The molecule has 1 amide bonds. The van der Waals surface area contributed by atoms with Gasteiger partial charge in [0.15, 0.2) is 0 Å². The van der Waals surface area contributed by atoms with Gasteiger partial charge in [-0.05, 0) is 62.7 Å². The van der Waals surface area contributed by atoms with Crippen LogP contribution in [0.1, 0.15) is 25.8 Å². The summed E-state index contributed by atoms with van der Waals surface area (Å²) in [5, 5.41) is 12.2. The zero-order valence-electron chi connectivity index (χ0n) is 18.2. The van der Waals surface area contributed by atoms with Gasteiger partial charge in [-0.25, -0.2) is 4.39 Å². The molecule has 0 fully saturated rings. The molecule has 0 radical (unpaired) electrons. The maximum Gasteiger partial charge on any atom is 0.269 e. The van der Waals surface area contributed by atoms with Crippen LogP contribution >= 0.6 is 0 Å². The van der Waals surface area contributed by atoms with Gasteiger partial charge in [-0.3, -0.25) is 14.0 Å². The number of nitrogens with zero attached hydrogens (tertiary/aromatic N) is 3. The molecule has 9 heteroatoms. The van der Waals surface area contributed by atoms with E-state index < -0.39 is 17.3 Å². The number of nitriles is 1. The lowest BCUT2D eigenvalue weighted by molar-refractivity contribution is -0.117. The van der Waals surface area contributed by atoms with Crippen molar-refractivity contribution in [2.45, 2.75) is 26.4 Å². The van der Waals surface area contributed by atoms with Crippen LogP contribution in [0.4, 0.5) is 4.39 Å². The second kappa shape index (κ2) is 11.0. The third-order valence-corrected chi connectivity index (χ3v) is 4.47. The third kappa shape index (κ3) is 6.24. The molecule has 1 N–H and O–H groups in total. The fourth-order valence-electron chi connectivity index (χ4n) is 2.88. The minimum atomic E-state index is -0.632. The van der Waals surface area contributed by atoms with E-state index in [4.69, 9.17) is 9.47 Å². The van der Waals surface area contributed by atoms with Crippen molar-refractivity contribution in [2.75, 3.05) is 13.2 Å². The molecule has 0 bridgehead atoms. The van der Waals surface area contributed by atoms with E-state index in [9.17, 15) is 19.2 Å². The normalized spacial score (nSPS) is 11.4. The highest BCUT2D eigenvalue weighted by Gasteiger charge is 2.17. The maximum atomic E-state index is 13.3. The average molecular weight is 450 g/mol. The van der Waals surface area contributed by atoms with E-state index >= 15 is 0 Å². The summed E-state index contributed by atoms with van der Waals surface area (Å²) in [5.41, 5.74) is -0.579. The SMILES string of the molecule is CC(C)OCCCNC(=O)C(C#N)=Cc1c(Oc2ccc(F)cc2)nc2ccccn2c1=O. The molecule has 0 spiro atoms. The van der Waals surface area contributed by atoms with E-state index in [0.29, 0.717) is 25.2 Å². The molecule has 3 aromatic rings. The van der Waals surface area contributed by atoms with Crippen LogP contribution in [0.15, 0.2) is 59.0 Å². The van der Waals surface area contributed by atoms with Gasteiger partial charge in [0.1, 0.15) is 34.4 Å². The summed E-state index contributed by atoms with van der Waals surface area (Å²) in [6.07, 6.45) is 3.32. The van der Waals surface area contributed by atoms with E-state index in [-0.39, 0.29) is 28.9 Å². The first-order valence-electron chi connectivity index (χ1n) is 10.4. The lowest BCUT2D eigenvalue weighted by Crippen LogP contribution is -2.27. The number of nitrogens with one attached hydrogen (secondary N) is 1. The minimum absolute atomic E-state index is 0.0853. The third-order valence-electron chi connectivity index (χ3n) is 4.47. The Balaban J connectivity index is 1.93. The molecule has 0 atom stereocenters. The minimum Gasteiger partial charge on any atom is -0.438 e. The number of ether oxygens (including phenoxy) is 2. The predicted molar refractivity (Wildman–Crippen MR) is 120 cm³/mol. The molecule has 8 nitrogen and oxygen atoms in total. The second-order valence-electron chi connectivity index (χ2n) is 7.32. The first-order chi connectivity index (χ1) is 15.9. The van der Waals surface area contributed by atoms with Gasteiger partial charge in [-0.2, -0.15) is 10.2 Å². The number of rotatable bonds is 9. The average Bonchev–Trinajstić information content (AvgIpc) is 2.80. The highest BCUT2D eigenvalue weighted by atomic mass is 19.1. The highest BCUT2D eigenvalue weighted by molar-refractivity contribution is 6.01. The van der Waals surface area contributed by atoms with E-state index in [2.05, 4.69) is 10.3 Å². The van der Waals surface area contributed by atoms with Gasteiger partial charge >= 0.3 is 0 Å². The molecule has 33 heavy (non-hydrogen) atoms. The van der Waals surface area contributed by atoms with Crippen molar-refractivity contribution in [3.8, 4) is 17.7 Å². The summed E-state index contributed by atoms with van der Waals surface area (Å²) in [5.74, 6) is -0.946. The molecule has 0 unspecified atom stereocenters. The van der Waals surface area contributed by atoms with Gasteiger partial charge in [0.2, 0.25) is 5.88 Å². The number of benzene rings is 1. The molecule has 0 aliphatic heterocycles.